The molecule has 0 aliphatic rings. The number of aromatic hydroxyl groups is 1. The average Bonchev–Trinajstić information content (AvgIpc) is 2.48. The molecule has 2 rings (SSSR count). The van der Waals surface area contributed by atoms with Gasteiger partial charge in [-0.1, -0.05) is 23.8 Å². The maximum atomic E-state index is 12.9. The number of halogens is 4. The lowest BCUT2D eigenvalue weighted by Gasteiger charge is -2.17. The van der Waals surface area contributed by atoms with Crippen molar-refractivity contribution in [3.05, 3.63) is 67.5 Å². The number of allylic oxidation sites excluding steroid dienone is 1. The van der Waals surface area contributed by atoms with Crippen molar-refractivity contribution in [1.82, 2.24) is 9.13 Å². The van der Waals surface area contributed by atoms with Gasteiger partial charge in [-0.15, -0.1) is 0 Å². The summed E-state index contributed by atoms with van der Waals surface area (Å²) < 4.78 is 39.7. The van der Waals surface area contributed by atoms with Crippen molar-refractivity contribution in [3.63, 3.8) is 0 Å². The third kappa shape index (κ3) is 3.48. The van der Waals surface area contributed by atoms with Crippen LogP contribution in [0.15, 0.2) is 39.9 Å². The number of phenolic OH excluding ortho intramolecular Hbond substituents is 1. The van der Waals surface area contributed by atoms with E-state index < -0.39 is 23.1 Å². The zero-order valence-electron chi connectivity index (χ0n) is 13.3. The van der Waals surface area contributed by atoms with E-state index in [9.17, 15) is 27.9 Å². The largest absolute Gasteiger partial charge is 0.506 e. The fourth-order valence-corrected chi connectivity index (χ4v) is 2.58. The van der Waals surface area contributed by atoms with Gasteiger partial charge >= 0.3 is 11.9 Å². The van der Waals surface area contributed by atoms with E-state index in [4.69, 9.17) is 11.6 Å². The first-order valence-electron chi connectivity index (χ1n) is 7.00. The molecular formula is C16H14ClF3N2O3. The number of nitrogens with zero attached hydrogens (tertiary/aromatic N) is 2. The minimum absolute atomic E-state index is 0.0169. The molecule has 1 heterocycles. The van der Waals surface area contributed by atoms with Crippen LogP contribution in [0.25, 0.3) is 5.69 Å². The molecule has 0 bridgehead atoms. The Bertz CT molecular complexity index is 974. The Morgan fingerprint density at radius 2 is 1.92 bits per heavy atom. The maximum absolute atomic E-state index is 12.9. The molecule has 0 spiro atoms. The minimum atomic E-state index is -4.85. The van der Waals surface area contributed by atoms with E-state index in [0.717, 1.165) is 7.05 Å². The van der Waals surface area contributed by atoms with Crippen LogP contribution in [0.2, 0.25) is 5.02 Å². The van der Waals surface area contributed by atoms with Gasteiger partial charge in [-0.05, 0) is 25.5 Å². The van der Waals surface area contributed by atoms with Crippen molar-refractivity contribution in [3.8, 4) is 11.4 Å². The summed E-state index contributed by atoms with van der Waals surface area (Å²) in [7, 11) is 0.912. The summed E-state index contributed by atoms with van der Waals surface area (Å²) in [6.07, 6.45) is -4.77. The number of aromatic nitrogens is 2. The Labute approximate surface area is 145 Å². The maximum Gasteiger partial charge on any atom is 0.431 e. The summed E-state index contributed by atoms with van der Waals surface area (Å²) in [6, 6.07) is 2.87. The van der Waals surface area contributed by atoms with Crippen LogP contribution in [0.3, 0.4) is 0 Å². The van der Waals surface area contributed by atoms with Gasteiger partial charge in [0.05, 0.1) is 10.7 Å². The Hall–Kier alpha value is -2.48. The fourth-order valence-electron chi connectivity index (χ4n) is 2.40. The van der Waals surface area contributed by atoms with E-state index in [1.54, 1.807) is 6.92 Å². The Morgan fingerprint density at radius 1 is 1.32 bits per heavy atom. The van der Waals surface area contributed by atoms with Crippen molar-refractivity contribution in [2.75, 3.05) is 0 Å². The Morgan fingerprint density at radius 3 is 2.44 bits per heavy atom. The first-order chi connectivity index (χ1) is 11.4. The van der Waals surface area contributed by atoms with E-state index in [0.29, 0.717) is 20.8 Å². The molecule has 1 N–H and O–H groups in total. The minimum Gasteiger partial charge on any atom is -0.506 e. The number of phenols is 1. The van der Waals surface area contributed by atoms with Crippen molar-refractivity contribution in [1.29, 1.82) is 0 Å². The molecule has 1 aromatic heterocycles. The lowest BCUT2D eigenvalue weighted by molar-refractivity contribution is -0.144. The molecule has 0 amide bonds. The predicted octanol–water partition coefficient (Wildman–Crippen LogP) is 3.03. The van der Waals surface area contributed by atoms with Gasteiger partial charge < -0.3 is 5.11 Å². The number of hydrogen-bond acceptors (Lipinski definition) is 3. The first-order valence-corrected chi connectivity index (χ1v) is 7.38. The van der Waals surface area contributed by atoms with Crippen LogP contribution >= 0.6 is 11.6 Å². The molecule has 1 aromatic carbocycles. The summed E-state index contributed by atoms with van der Waals surface area (Å²) in [5.74, 6) is -0.365. The standard InChI is InChI=1S/C16H14ClF3N2O3/c1-8(2)6-9-11(5-4-10(17)14(9)24)22-13(23)7-12(16(18,19)20)21(3)15(22)25/h4-5,7,24H,1,6H2,2-3H3. The van der Waals surface area contributed by atoms with Gasteiger partial charge in [-0.3, -0.25) is 9.36 Å². The smallest absolute Gasteiger partial charge is 0.431 e. The molecule has 9 heteroatoms. The third-order valence-corrected chi connectivity index (χ3v) is 3.84. The van der Waals surface area contributed by atoms with Gasteiger partial charge in [0.15, 0.2) is 0 Å². The number of benzene rings is 1. The molecular weight excluding hydrogens is 361 g/mol. The SMILES string of the molecule is C=C(C)Cc1c(-n2c(=O)cc(C(F)(F)F)n(C)c2=O)ccc(Cl)c1O. The first kappa shape index (κ1) is 18.9. The summed E-state index contributed by atoms with van der Waals surface area (Å²) in [5, 5.41) is 10.1. The van der Waals surface area contributed by atoms with Crippen LogP contribution in [0.1, 0.15) is 18.2 Å². The van der Waals surface area contributed by atoms with Gasteiger partial charge in [0.25, 0.3) is 5.56 Å². The highest BCUT2D eigenvalue weighted by Crippen LogP contribution is 2.33. The van der Waals surface area contributed by atoms with Crippen LogP contribution in [0, 0.1) is 0 Å². The highest BCUT2D eigenvalue weighted by Gasteiger charge is 2.35. The summed E-state index contributed by atoms with van der Waals surface area (Å²) in [6.45, 7) is 5.34. The Balaban J connectivity index is 2.87. The molecule has 25 heavy (non-hydrogen) atoms. The quantitative estimate of drug-likeness (QED) is 0.840. The molecule has 0 atom stereocenters. The molecule has 5 nitrogen and oxygen atoms in total. The van der Waals surface area contributed by atoms with Gasteiger partial charge in [-0.25, -0.2) is 9.36 Å². The van der Waals surface area contributed by atoms with Gasteiger partial charge in [0.1, 0.15) is 11.4 Å². The zero-order chi connectivity index (χ0) is 19.1. The third-order valence-electron chi connectivity index (χ3n) is 3.54. The molecule has 0 saturated carbocycles. The monoisotopic (exact) mass is 374 g/mol. The van der Waals surface area contributed by atoms with Gasteiger partial charge in [0, 0.05) is 18.7 Å². The molecule has 134 valence electrons. The second kappa shape index (κ2) is 6.44. The summed E-state index contributed by atoms with van der Waals surface area (Å²) in [4.78, 5) is 24.6. The van der Waals surface area contributed by atoms with Gasteiger partial charge in [-0.2, -0.15) is 13.2 Å². The van der Waals surface area contributed by atoms with E-state index in [1.165, 1.54) is 12.1 Å². The van der Waals surface area contributed by atoms with Crippen molar-refractivity contribution >= 4 is 11.6 Å². The van der Waals surface area contributed by atoms with E-state index in [1.807, 2.05) is 0 Å². The number of rotatable bonds is 3. The van der Waals surface area contributed by atoms with Crippen molar-refractivity contribution in [2.45, 2.75) is 19.5 Å². The van der Waals surface area contributed by atoms with E-state index in [2.05, 4.69) is 6.58 Å². The lowest BCUT2D eigenvalue weighted by atomic mass is 10.0. The second-order valence-electron chi connectivity index (χ2n) is 5.57. The summed E-state index contributed by atoms with van der Waals surface area (Å²) >= 11 is 5.85. The molecule has 0 radical (unpaired) electrons. The molecule has 0 aliphatic heterocycles. The van der Waals surface area contributed by atoms with Gasteiger partial charge in [0.2, 0.25) is 0 Å². The van der Waals surface area contributed by atoms with Crippen LogP contribution in [-0.2, 0) is 19.6 Å². The van der Waals surface area contributed by atoms with Crippen molar-refractivity contribution < 1.29 is 18.3 Å². The van der Waals surface area contributed by atoms with E-state index in [-0.39, 0.29) is 28.4 Å². The molecule has 0 aliphatic carbocycles. The van der Waals surface area contributed by atoms with E-state index >= 15 is 0 Å². The molecule has 0 unspecified atom stereocenters. The summed E-state index contributed by atoms with van der Waals surface area (Å²) in [5.41, 5.74) is -3.05. The van der Waals surface area contributed by atoms with Crippen LogP contribution in [0.5, 0.6) is 5.75 Å². The average molecular weight is 375 g/mol. The highest BCUT2D eigenvalue weighted by molar-refractivity contribution is 6.32. The highest BCUT2D eigenvalue weighted by atomic mass is 35.5. The molecule has 0 saturated heterocycles. The molecule has 2 aromatic rings. The van der Waals surface area contributed by atoms with Crippen LogP contribution in [0.4, 0.5) is 13.2 Å². The molecule has 0 fully saturated rings. The lowest BCUT2D eigenvalue weighted by Crippen LogP contribution is -2.41. The second-order valence-corrected chi connectivity index (χ2v) is 5.98. The topological polar surface area (TPSA) is 64.2 Å². The van der Waals surface area contributed by atoms with Crippen LogP contribution < -0.4 is 11.2 Å². The van der Waals surface area contributed by atoms with Crippen molar-refractivity contribution in [2.24, 2.45) is 7.05 Å². The zero-order valence-corrected chi connectivity index (χ0v) is 14.1. The van der Waals surface area contributed by atoms with Crippen LogP contribution in [-0.4, -0.2) is 14.2 Å². The predicted molar refractivity (Wildman–Crippen MR) is 87.5 cm³/mol. The fraction of sp³-hybridized carbons (Fsp3) is 0.250. The number of alkyl halides is 3. The number of hydrogen-bond donors (Lipinski definition) is 1. The Kier molecular flexibility index (Phi) is 4.85. The normalized spacial score (nSPS) is 11.6.